The molecule has 22 heavy (non-hydrogen) atoms. The molecule has 0 spiro atoms. The summed E-state index contributed by atoms with van der Waals surface area (Å²) in [5, 5.41) is 0. The Balaban J connectivity index is 1.80. The standard InChI is InChI=1S/C17H24N2O3/c1-18-8-9-19(17(20)12-4-5-12)11-14(18)13-6-7-15(21-2)16(10-13)22-3/h6-7,10,12,14H,4-5,8-9,11H2,1-3H3. The maximum absolute atomic E-state index is 12.3. The summed E-state index contributed by atoms with van der Waals surface area (Å²) in [7, 11) is 5.40. The number of amides is 1. The van der Waals surface area contributed by atoms with Crippen LogP contribution in [0.1, 0.15) is 24.4 Å². The van der Waals surface area contributed by atoms with Crippen molar-refractivity contribution in [1.82, 2.24) is 9.80 Å². The number of carbonyl (C=O) groups is 1. The molecule has 2 fully saturated rings. The van der Waals surface area contributed by atoms with Gasteiger partial charge in [0.05, 0.1) is 20.3 Å². The number of nitrogens with zero attached hydrogens (tertiary/aromatic N) is 2. The number of rotatable bonds is 4. The zero-order chi connectivity index (χ0) is 15.7. The van der Waals surface area contributed by atoms with Crippen LogP contribution in [-0.4, -0.2) is 56.6 Å². The molecule has 0 bridgehead atoms. The van der Waals surface area contributed by atoms with Gasteiger partial charge in [-0.05, 0) is 37.6 Å². The molecule has 0 radical (unpaired) electrons. The van der Waals surface area contributed by atoms with E-state index in [2.05, 4.69) is 18.0 Å². The average Bonchev–Trinajstić information content (AvgIpc) is 3.39. The molecule has 0 aromatic heterocycles. The van der Waals surface area contributed by atoms with Gasteiger partial charge in [-0.1, -0.05) is 6.07 Å². The van der Waals surface area contributed by atoms with E-state index in [-0.39, 0.29) is 12.0 Å². The minimum absolute atomic E-state index is 0.205. The Morgan fingerprint density at radius 1 is 1.14 bits per heavy atom. The topological polar surface area (TPSA) is 42.0 Å². The van der Waals surface area contributed by atoms with Crippen molar-refractivity contribution in [3.8, 4) is 11.5 Å². The van der Waals surface area contributed by atoms with Gasteiger partial charge in [-0.2, -0.15) is 0 Å². The van der Waals surface area contributed by atoms with Crippen LogP contribution in [0.3, 0.4) is 0 Å². The summed E-state index contributed by atoms with van der Waals surface area (Å²) < 4.78 is 10.7. The monoisotopic (exact) mass is 304 g/mol. The number of carbonyl (C=O) groups excluding carboxylic acids is 1. The van der Waals surface area contributed by atoms with E-state index in [1.54, 1.807) is 14.2 Å². The fourth-order valence-electron chi connectivity index (χ4n) is 3.08. The summed E-state index contributed by atoms with van der Waals surface area (Å²) in [4.78, 5) is 16.7. The third-order valence-electron chi connectivity index (χ3n) is 4.68. The molecule has 120 valence electrons. The van der Waals surface area contributed by atoms with Gasteiger partial charge in [0.2, 0.25) is 5.91 Å². The van der Waals surface area contributed by atoms with Gasteiger partial charge >= 0.3 is 0 Å². The second-order valence-corrected chi connectivity index (χ2v) is 6.17. The Hall–Kier alpha value is -1.75. The quantitative estimate of drug-likeness (QED) is 0.852. The number of ether oxygens (including phenoxy) is 2. The molecule has 1 amide bonds. The molecule has 1 heterocycles. The Morgan fingerprint density at radius 2 is 1.86 bits per heavy atom. The van der Waals surface area contributed by atoms with Crippen molar-refractivity contribution in [2.75, 3.05) is 40.9 Å². The van der Waals surface area contributed by atoms with E-state index < -0.39 is 0 Å². The van der Waals surface area contributed by atoms with Crippen LogP contribution in [0.25, 0.3) is 0 Å². The second kappa shape index (κ2) is 6.16. The van der Waals surface area contributed by atoms with E-state index >= 15 is 0 Å². The minimum Gasteiger partial charge on any atom is -0.493 e. The molecule has 1 saturated carbocycles. The van der Waals surface area contributed by atoms with Crippen molar-refractivity contribution < 1.29 is 14.3 Å². The molecule has 5 heteroatoms. The number of benzene rings is 1. The highest BCUT2D eigenvalue weighted by Crippen LogP contribution is 2.35. The van der Waals surface area contributed by atoms with E-state index in [1.807, 2.05) is 17.0 Å². The van der Waals surface area contributed by atoms with Crippen molar-refractivity contribution >= 4 is 5.91 Å². The van der Waals surface area contributed by atoms with Crippen LogP contribution in [0.15, 0.2) is 18.2 Å². The lowest BCUT2D eigenvalue weighted by Crippen LogP contribution is -2.49. The summed E-state index contributed by atoms with van der Waals surface area (Å²) in [5.74, 6) is 2.09. The lowest BCUT2D eigenvalue weighted by Gasteiger charge is -2.40. The normalized spacial score (nSPS) is 22.5. The summed E-state index contributed by atoms with van der Waals surface area (Å²) >= 11 is 0. The van der Waals surface area contributed by atoms with E-state index in [4.69, 9.17) is 9.47 Å². The van der Waals surface area contributed by atoms with Crippen molar-refractivity contribution in [2.45, 2.75) is 18.9 Å². The molecule has 1 aliphatic heterocycles. The number of piperazine rings is 1. The van der Waals surface area contributed by atoms with Gasteiger partial charge < -0.3 is 14.4 Å². The maximum Gasteiger partial charge on any atom is 0.225 e. The van der Waals surface area contributed by atoms with E-state index in [0.29, 0.717) is 5.91 Å². The third kappa shape index (κ3) is 2.90. The Morgan fingerprint density at radius 3 is 2.50 bits per heavy atom. The van der Waals surface area contributed by atoms with E-state index in [1.165, 1.54) is 0 Å². The highest BCUT2D eigenvalue weighted by atomic mass is 16.5. The van der Waals surface area contributed by atoms with E-state index in [9.17, 15) is 4.79 Å². The predicted molar refractivity (Wildman–Crippen MR) is 84.2 cm³/mol. The zero-order valence-corrected chi connectivity index (χ0v) is 13.5. The third-order valence-corrected chi connectivity index (χ3v) is 4.68. The van der Waals surface area contributed by atoms with Crippen LogP contribution >= 0.6 is 0 Å². The largest absolute Gasteiger partial charge is 0.493 e. The fourth-order valence-corrected chi connectivity index (χ4v) is 3.08. The molecule has 1 aromatic carbocycles. The van der Waals surface area contributed by atoms with Crippen LogP contribution < -0.4 is 9.47 Å². The van der Waals surface area contributed by atoms with Crippen LogP contribution in [0.4, 0.5) is 0 Å². The van der Waals surface area contributed by atoms with Crippen molar-refractivity contribution in [3.05, 3.63) is 23.8 Å². The molecule has 2 aliphatic rings. The van der Waals surface area contributed by atoms with Gasteiger partial charge in [-0.15, -0.1) is 0 Å². The molecule has 1 atom stereocenters. The van der Waals surface area contributed by atoms with Crippen molar-refractivity contribution in [3.63, 3.8) is 0 Å². The molecule has 0 N–H and O–H groups in total. The zero-order valence-electron chi connectivity index (χ0n) is 13.5. The van der Waals surface area contributed by atoms with Crippen LogP contribution in [0.2, 0.25) is 0 Å². The fraction of sp³-hybridized carbons (Fsp3) is 0.588. The number of hydrogen-bond donors (Lipinski definition) is 0. The first kappa shape index (κ1) is 15.2. The van der Waals surface area contributed by atoms with Crippen LogP contribution in [-0.2, 0) is 4.79 Å². The molecule has 1 unspecified atom stereocenters. The SMILES string of the molecule is COc1ccc(C2CN(C(=O)C3CC3)CCN2C)cc1OC. The Labute approximate surface area is 131 Å². The van der Waals surface area contributed by atoms with Crippen LogP contribution in [0, 0.1) is 5.92 Å². The summed E-state index contributed by atoms with van der Waals surface area (Å²) in [6.07, 6.45) is 2.12. The number of methoxy groups -OCH3 is 2. The first-order valence-corrected chi connectivity index (χ1v) is 7.85. The van der Waals surface area contributed by atoms with E-state index in [0.717, 1.165) is 49.5 Å². The molecular weight excluding hydrogens is 280 g/mol. The second-order valence-electron chi connectivity index (χ2n) is 6.17. The first-order valence-electron chi connectivity index (χ1n) is 7.85. The number of hydrogen-bond acceptors (Lipinski definition) is 4. The molecule has 3 rings (SSSR count). The van der Waals surface area contributed by atoms with Crippen LogP contribution in [0.5, 0.6) is 11.5 Å². The molecular formula is C17H24N2O3. The lowest BCUT2D eigenvalue weighted by molar-refractivity contribution is -0.135. The van der Waals surface area contributed by atoms with Crippen molar-refractivity contribution in [2.24, 2.45) is 5.92 Å². The smallest absolute Gasteiger partial charge is 0.225 e. The summed E-state index contributed by atoms with van der Waals surface area (Å²) in [5.41, 5.74) is 1.16. The first-order chi connectivity index (χ1) is 10.6. The Kier molecular flexibility index (Phi) is 4.25. The Bertz CT molecular complexity index is 557. The molecule has 1 saturated heterocycles. The van der Waals surface area contributed by atoms with Gasteiger partial charge in [0.1, 0.15) is 0 Å². The average molecular weight is 304 g/mol. The summed E-state index contributed by atoms with van der Waals surface area (Å²) in [6, 6.07) is 6.22. The van der Waals surface area contributed by atoms with Gasteiger partial charge in [0.15, 0.2) is 11.5 Å². The number of likely N-dealkylation sites (N-methyl/N-ethyl adjacent to an activating group) is 1. The minimum atomic E-state index is 0.205. The van der Waals surface area contributed by atoms with Crippen molar-refractivity contribution in [1.29, 1.82) is 0 Å². The molecule has 5 nitrogen and oxygen atoms in total. The van der Waals surface area contributed by atoms with Gasteiger partial charge in [0, 0.05) is 25.6 Å². The lowest BCUT2D eigenvalue weighted by atomic mass is 10.0. The summed E-state index contributed by atoms with van der Waals surface area (Å²) in [6.45, 7) is 2.48. The highest BCUT2D eigenvalue weighted by Gasteiger charge is 2.36. The van der Waals surface area contributed by atoms with Gasteiger partial charge in [-0.3, -0.25) is 9.69 Å². The predicted octanol–water partition coefficient (Wildman–Crippen LogP) is 1.93. The highest BCUT2D eigenvalue weighted by molar-refractivity contribution is 5.81. The van der Waals surface area contributed by atoms with Gasteiger partial charge in [-0.25, -0.2) is 0 Å². The molecule has 1 aliphatic carbocycles. The molecule has 1 aromatic rings. The maximum atomic E-state index is 12.3. The van der Waals surface area contributed by atoms with Gasteiger partial charge in [0.25, 0.3) is 0 Å².